The van der Waals surface area contributed by atoms with E-state index in [2.05, 4.69) is 72.5 Å². The van der Waals surface area contributed by atoms with Crippen LogP contribution in [0.15, 0.2) is 72.8 Å². The Morgan fingerprint density at radius 3 is 2.17 bits per heavy atom. The summed E-state index contributed by atoms with van der Waals surface area (Å²) in [4.78, 5) is 2.54. The molecule has 3 aromatic carbocycles. The van der Waals surface area contributed by atoms with E-state index in [9.17, 15) is 0 Å². The lowest BCUT2D eigenvalue weighted by Crippen LogP contribution is -2.29. The molecular formula is C40H47NO5. The van der Waals surface area contributed by atoms with Crippen molar-refractivity contribution in [2.24, 2.45) is 0 Å². The van der Waals surface area contributed by atoms with Gasteiger partial charge in [0.2, 0.25) is 0 Å². The molecule has 7 rings (SSSR count). The third-order valence-corrected chi connectivity index (χ3v) is 9.58. The lowest BCUT2D eigenvalue weighted by atomic mass is 9.86. The summed E-state index contributed by atoms with van der Waals surface area (Å²) in [7, 11) is 0. The van der Waals surface area contributed by atoms with Gasteiger partial charge in [-0.3, -0.25) is 4.90 Å². The fourth-order valence-electron chi connectivity index (χ4n) is 7.02. The minimum absolute atomic E-state index is 0.198. The average molecular weight is 622 g/mol. The molecule has 0 N–H and O–H groups in total. The fraction of sp³-hybridized carbons (Fsp3) is 0.450. The van der Waals surface area contributed by atoms with Gasteiger partial charge in [-0.1, -0.05) is 55.0 Å². The molecule has 3 unspecified atom stereocenters. The first-order chi connectivity index (χ1) is 22.7. The van der Waals surface area contributed by atoms with E-state index in [4.69, 9.17) is 23.7 Å². The molecule has 0 spiro atoms. The molecule has 4 aliphatic rings. The number of benzene rings is 3. The molecule has 3 fully saturated rings. The van der Waals surface area contributed by atoms with Crippen molar-refractivity contribution in [2.75, 3.05) is 32.8 Å². The second-order valence-corrected chi connectivity index (χ2v) is 13.0. The summed E-state index contributed by atoms with van der Waals surface area (Å²) in [5.41, 5.74) is 6.73. The first-order valence-electron chi connectivity index (χ1n) is 17.4. The van der Waals surface area contributed by atoms with Gasteiger partial charge < -0.3 is 23.7 Å². The van der Waals surface area contributed by atoms with Gasteiger partial charge in [0.05, 0.1) is 13.2 Å². The van der Waals surface area contributed by atoms with Gasteiger partial charge in [0.1, 0.15) is 23.4 Å². The number of likely N-dealkylation sites (tertiary alicyclic amines) is 1. The van der Waals surface area contributed by atoms with E-state index < -0.39 is 0 Å². The molecule has 0 aliphatic carbocycles. The van der Waals surface area contributed by atoms with E-state index in [0.29, 0.717) is 0 Å². The summed E-state index contributed by atoms with van der Waals surface area (Å²) >= 11 is 0. The molecule has 3 aromatic rings. The van der Waals surface area contributed by atoms with Crippen LogP contribution in [0.2, 0.25) is 0 Å². The lowest BCUT2D eigenvalue weighted by Gasteiger charge is -2.32. The van der Waals surface area contributed by atoms with Gasteiger partial charge in [-0.15, -0.1) is 0 Å². The Hall–Kier alpha value is -3.58. The zero-order chi connectivity index (χ0) is 31.1. The van der Waals surface area contributed by atoms with Crippen molar-refractivity contribution in [3.05, 3.63) is 95.1 Å². The largest absolute Gasteiger partial charge is 0.480 e. The normalized spacial score (nSPS) is 24.0. The summed E-state index contributed by atoms with van der Waals surface area (Å²) in [6.45, 7) is 7.13. The number of nitrogens with zero attached hydrogens (tertiary/aromatic N) is 1. The highest BCUT2D eigenvalue weighted by molar-refractivity contribution is 5.96. The van der Waals surface area contributed by atoms with Gasteiger partial charge in [0.15, 0.2) is 12.6 Å². The van der Waals surface area contributed by atoms with Gasteiger partial charge in [0, 0.05) is 30.5 Å². The van der Waals surface area contributed by atoms with Crippen molar-refractivity contribution in [1.29, 1.82) is 0 Å². The minimum Gasteiger partial charge on any atom is -0.480 e. The van der Waals surface area contributed by atoms with Crippen molar-refractivity contribution in [2.45, 2.75) is 83.4 Å². The van der Waals surface area contributed by atoms with Gasteiger partial charge in [-0.2, -0.15) is 0 Å². The topological polar surface area (TPSA) is 49.4 Å². The Morgan fingerprint density at radius 1 is 0.761 bits per heavy atom. The second-order valence-electron chi connectivity index (χ2n) is 13.0. The van der Waals surface area contributed by atoms with E-state index in [0.717, 1.165) is 103 Å². The Bertz CT molecular complexity index is 1510. The SMILES string of the molecule is CC1=C(c2cccc(OC3CCCCO3)c2)C(c2ccc(/C=C\CN3CCCCC3)cc2)Oc2ccc(OC3CCCCO3)cc21. The van der Waals surface area contributed by atoms with Crippen LogP contribution in [0.25, 0.3) is 17.2 Å². The van der Waals surface area contributed by atoms with E-state index in [1.54, 1.807) is 0 Å². The summed E-state index contributed by atoms with van der Waals surface area (Å²) < 4.78 is 31.2. The molecule has 3 saturated heterocycles. The van der Waals surface area contributed by atoms with Gasteiger partial charge >= 0.3 is 0 Å². The summed E-state index contributed by atoms with van der Waals surface area (Å²) in [5, 5.41) is 0. The van der Waals surface area contributed by atoms with Crippen molar-refractivity contribution >= 4 is 17.2 Å². The van der Waals surface area contributed by atoms with Crippen LogP contribution in [0, 0.1) is 0 Å². The number of allylic oxidation sites excluding steroid dienone is 1. The van der Waals surface area contributed by atoms with E-state index in [1.807, 2.05) is 18.2 Å². The van der Waals surface area contributed by atoms with Crippen LogP contribution in [0.3, 0.4) is 0 Å². The van der Waals surface area contributed by atoms with Gasteiger partial charge in [0.25, 0.3) is 0 Å². The zero-order valence-corrected chi connectivity index (χ0v) is 27.1. The van der Waals surface area contributed by atoms with Crippen LogP contribution in [0.4, 0.5) is 0 Å². The quantitative estimate of drug-likeness (QED) is 0.238. The van der Waals surface area contributed by atoms with Gasteiger partial charge in [-0.25, -0.2) is 0 Å². The molecule has 0 aromatic heterocycles. The molecule has 0 radical (unpaired) electrons. The maximum Gasteiger partial charge on any atom is 0.199 e. The van der Waals surface area contributed by atoms with Crippen LogP contribution in [-0.4, -0.2) is 50.3 Å². The predicted octanol–water partition coefficient (Wildman–Crippen LogP) is 9.06. The first-order valence-corrected chi connectivity index (χ1v) is 17.4. The highest BCUT2D eigenvalue weighted by Gasteiger charge is 2.30. The number of hydrogen-bond acceptors (Lipinski definition) is 6. The van der Waals surface area contributed by atoms with Crippen LogP contribution in [0.5, 0.6) is 17.2 Å². The summed E-state index contributed by atoms with van der Waals surface area (Å²) in [6.07, 6.45) is 14.1. The average Bonchev–Trinajstić information content (AvgIpc) is 3.10. The van der Waals surface area contributed by atoms with Crippen molar-refractivity contribution in [3.8, 4) is 17.2 Å². The highest BCUT2D eigenvalue weighted by Crippen LogP contribution is 2.48. The number of piperidine rings is 1. The lowest BCUT2D eigenvalue weighted by molar-refractivity contribution is -0.106. The number of hydrogen-bond donors (Lipinski definition) is 0. The number of rotatable bonds is 9. The zero-order valence-electron chi connectivity index (χ0n) is 27.1. The molecule has 0 amide bonds. The molecule has 4 aliphatic heterocycles. The third kappa shape index (κ3) is 7.52. The molecule has 3 atom stereocenters. The van der Waals surface area contributed by atoms with Crippen molar-refractivity contribution in [3.63, 3.8) is 0 Å². The summed E-state index contributed by atoms with van der Waals surface area (Å²) in [6, 6.07) is 23.3. The second kappa shape index (κ2) is 14.9. The van der Waals surface area contributed by atoms with Crippen LogP contribution in [0.1, 0.15) is 93.1 Å². The molecular weight excluding hydrogens is 574 g/mol. The maximum absolute atomic E-state index is 6.86. The standard InChI is InChI=1S/C40H47NO5/c1-29-35-28-34(45-38-15-4-8-26-43-38)20-21-36(35)46-40(31-18-16-30(17-19-31)11-10-24-41-22-5-2-6-23-41)39(29)32-12-9-13-33(27-32)44-37-14-3-7-25-42-37/h9-13,16-21,27-28,37-38,40H,2-8,14-15,22-26H2,1H3/b11-10-. The fourth-order valence-corrected chi connectivity index (χ4v) is 7.02. The predicted molar refractivity (Wildman–Crippen MR) is 183 cm³/mol. The Kier molecular flexibility index (Phi) is 10.0. The maximum atomic E-state index is 6.86. The minimum atomic E-state index is -0.270. The van der Waals surface area contributed by atoms with Gasteiger partial charge in [-0.05, 0) is 111 Å². The molecule has 6 heteroatoms. The van der Waals surface area contributed by atoms with E-state index in [-0.39, 0.29) is 18.7 Å². The number of fused-ring (bicyclic) bond motifs is 1. The van der Waals surface area contributed by atoms with Crippen LogP contribution in [-0.2, 0) is 9.47 Å². The molecule has 4 heterocycles. The van der Waals surface area contributed by atoms with E-state index in [1.165, 1.54) is 37.9 Å². The van der Waals surface area contributed by atoms with E-state index >= 15 is 0 Å². The molecule has 0 saturated carbocycles. The van der Waals surface area contributed by atoms with Crippen LogP contribution >= 0.6 is 0 Å². The summed E-state index contributed by atoms with van der Waals surface area (Å²) in [5.74, 6) is 2.48. The molecule has 242 valence electrons. The molecule has 6 nitrogen and oxygen atoms in total. The first kappa shape index (κ1) is 31.0. The van der Waals surface area contributed by atoms with Crippen molar-refractivity contribution < 1.29 is 23.7 Å². The Balaban J connectivity index is 1.18. The molecule has 0 bridgehead atoms. The third-order valence-electron chi connectivity index (χ3n) is 9.58. The monoisotopic (exact) mass is 621 g/mol. The smallest absolute Gasteiger partial charge is 0.199 e. The van der Waals surface area contributed by atoms with Crippen molar-refractivity contribution in [1.82, 2.24) is 4.90 Å². The Morgan fingerprint density at radius 2 is 1.48 bits per heavy atom. The van der Waals surface area contributed by atoms with Crippen LogP contribution < -0.4 is 14.2 Å². The Labute approximate surface area is 273 Å². The highest BCUT2D eigenvalue weighted by atomic mass is 16.7. The number of ether oxygens (including phenoxy) is 5. The molecule has 46 heavy (non-hydrogen) atoms.